The number of hydrogen-bond donors (Lipinski definition) is 2. The van der Waals surface area contributed by atoms with Crippen LogP contribution in [0.5, 0.6) is 0 Å². The number of amidine groups is 1. The fraction of sp³-hybridized carbons (Fsp3) is 0.409. The normalized spacial score (nSPS) is 22.8. The Morgan fingerprint density at radius 3 is 2.63 bits per heavy atom. The third kappa shape index (κ3) is 2.88. The van der Waals surface area contributed by atoms with Crippen LogP contribution in [0.25, 0.3) is 16.6 Å². The zero-order valence-electron chi connectivity index (χ0n) is 16.7. The molecule has 1 aromatic heterocycles. The molecule has 1 fully saturated rings. The molecule has 0 bridgehead atoms. The highest BCUT2D eigenvalue weighted by molar-refractivity contribution is 6.05. The van der Waals surface area contributed by atoms with Crippen molar-refractivity contribution in [1.82, 2.24) is 14.8 Å². The molecule has 8 heteroatoms. The zero-order chi connectivity index (χ0) is 21.0. The smallest absolute Gasteiger partial charge is 0.382 e. The summed E-state index contributed by atoms with van der Waals surface area (Å²) < 4.78 is 40.6. The molecule has 1 unspecified atom stereocenters. The SMILES string of the molecule is CN1C(c2cc3cccc(C(F)(F)F)c3[nH]2)=C2C(N)=NC=CN2C1C1CCCCC1. The molecule has 3 N–H and O–H groups in total. The number of aromatic nitrogens is 1. The van der Waals surface area contributed by atoms with Gasteiger partial charge in [-0.1, -0.05) is 31.4 Å². The van der Waals surface area contributed by atoms with Gasteiger partial charge in [-0.05, 0) is 30.9 Å². The number of H-pyrrole nitrogens is 1. The second-order valence-corrected chi connectivity index (χ2v) is 8.29. The quantitative estimate of drug-likeness (QED) is 0.737. The van der Waals surface area contributed by atoms with E-state index in [1.165, 1.54) is 25.3 Å². The predicted octanol–water partition coefficient (Wildman–Crippen LogP) is 4.85. The molecule has 158 valence electrons. The van der Waals surface area contributed by atoms with Gasteiger partial charge < -0.3 is 20.5 Å². The van der Waals surface area contributed by atoms with E-state index < -0.39 is 11.7 Å². The summed E-state index contributed by atoms with van der Waals surface area (Å²) in [5.41, 5.74) is 7.88. The van der Waals surface area contributed by atoms with Crippen LogP contribution in [0.4, 0.5) is 13.2 Å². The maximum absolute atomic E-state index is 13.5. The van der Waals surface area contributed by atoms with Gasteiger partial charge in [0.25, 0.3) is 0 Å². The number of fused-ring (bicyclic) bond motifs is 2. The number of nitrogens with one attached hydrogen (secondary N) is 1. The van der Waals surface area contributed by atoms with E-state index in [1.807, 2.05) is 13.2 Å². The van der Waals surface area contributed by atoms with E-state index in [0.29, 0.717) is 22.8 Å². The van der Waals surface area contributed by atoms with Crippen LogP contribution in [0.1, 0.15) is 43.4 Å². The highest BCUT2D eigenvalue weighted by Gasteiger charge is 2.43. The Morgan fingerprint density at radius 1 is 1.13 bits per heavy atom. The first-order chi connectivity index (χ1) is 14.4. The highest BCUT2D eigenvalue weighted by Crippen LogP contribution is 2.44. The van der Waals surface area contributed by atoms with Crippen LogP contribution in [0.15, 0.2) is 47.4 Å². The molecule has 1 aliphatic carbocycles. The Morgan fingerprint density at radius 2 is 1.90 bits per heavy atom. The van der Waals surface area contributed by atoms with Crippen LogP contribution in [0.3, 0.4) is 0 Å². The number of rotatable bonds is 2. The van der Waals surface area contributed by atoms with E-state index in [2.05, 4.69) is 19.8 Å². The number of hydrogen-bond acceptors (Lipinski definition) is 4. The van der Waals surface area contributed by atoms with Crippen molar-refractivity contribution < 1.29 is 13.2 Å². The summed E-state index contributed by atoms with van der Waals surface area (Å²) in [4.78, 5) is 11.6. The molecule has 5 nitrogen and oxygen atoms in total. The summed E-state index contributed by atoms with van der Waals surface area (Å²) in [5, 5.41) is 0.524. The van der Waals surface area contributed by atoms with E-state index in [1.54, 1.807) is 18.3 Å². The maximum Gasteiger partial charge on any atom is 0.418 e. The number of benzene rings is 1. The van der Waals surface area contributed by atoms with Gasteiger partial charge in [-0.3, -0.25) is 0 Å². The molecule has 30 heavy (non-hydrogen) atoms. The van der Waals surface area contributed by atoms with Crippen molar-refractivity contribution >= 4 is 22.4 Å². The lowest BCUT2D eigenvalue weighted by molar-refractivity contribution is -0.136. The van der Waals surface area contributed by atoms with E-state index in [0.717, 1.165) is 30.3 Å². The van der Waals surface area contributed by atoms with Crippen molar-refractivity contribution in [2.45, 2.75) is 44.4 Å². The van der Waals surface area contributed by atoms with E-state index in [4.69, 9.17) is 5.73 Å². The molecule has 0 spiro atoms. The van der Waals surface area contributed by atoms with Crippen molar-refractivity contribution in [3.05, 3.63) is 53.6 Å². The monoisotopic (exact) mass is 415 g/mol. The van der Waals surface area contributed by atoms with Gasteiger partial charge in [-0.25, -0.2) is 4.99 Å². The minimum Gasteiger partial charge on any atom is -0.382 e. The summed E-state index contributed by atoms with van der Waals surface area (Å²) in [7, 11) is 2.00. The molecule has 3 aliphatic rings. The van der Waals surface area contributed by atoms with E-state index in [-0.39, 0.29) is 11.7 Å². The molecule has 1 atom stereocenters. The Kier molecular flexibility index (Phi) is 4.34. The molecule has 3 heterocycles. The number of nitrogens with zero attached hydrogens (tertiary/aromatic N) is 3. The average molecular weight is 415 g/mol. The van der Waals surface area contributed by atoms with Crippen LogP contribution in [0, 0.1) is 5.92 Å². The predicted molar refractivity (Wildman–Crippen MR) is 111 cm³/mol. The molecule has 2 aliphatic heterocycles. The molecule has 0 saturated heterocycles. The number of aromatic amines is 1. The zero-order valence-corrected chi connectivity index (χ0v) is 16.7. The largest absolute Gasteiger partial charge is 0.418 e. The molecular weight excluding hydrogens is 391 g/mol. The number of halogens is 3. The third-order valence-corrected chi connectivity index (χ3v) is 6.49. The molecule has 0 amide bonds. The van der Waals surface area contributed by atoms with Crippen molar-refractivity contribution in [3.63, 3.8) is 0 Å². The minimum atomic E-state index is -4.42. The number of nitrogens with two attached hydrogens (primary N) is 1. The fourth-order valence-electron chi connectivity index (χ4n) is 5.22. The van der Waals surface area contributed by atoms with Crippen molar-refractivity contribution in [3.8, 4) is 0 Å². The van der Waals surface area contributed by atoms with Crippen molar-refractivity contribution in [2.75, 3.05) is 7.05 Å². The summed E-state index contributed by atoms with van der Waals surface area (Å²) in [5.74, 6) is 0.842. The Labute approximate surface area is 172 Å². The second-order valence-electron chi connectivity index (χ2n) is 8.29. The summed E-state index contributed by atoms with van der Waals surface area (Å²) in [6, 6.07) is 6.01. The fourth-order valence-corrected chi connectivity index (χ4v) is 5.22. The van der Waals surface area contributed by atoms with Crippen molar-refractivity contribution in [1.29, 1.82) is 0 Å². The topological polar surface area (TPSA) is 60.6 Å². The Balaban J connectivity index is 1.64. The number of alkyl halides is 3. The Bertz CT molecular complexity index is 1070. The van der Waals surface area contributed by atoms with Crippen LogP contribution < -0.4 is 5.73 Å². The standard InChI is InChI=1S/C22H24F3N5/c1-29-18(16-12-14-8-5-9-15(17(14)28-16)22(23,24)25)19-20(26)27-10-11-30(19)21(29)13-6-3-2-4-7-13/h5,8-13,21,28H,2-4,6-7H2,1H3,(H2,26,27). The molecule has 1 aromatic carbocycles. The van der Waals surface area contributed by atoms with Gasteiger partial charge in [0.15, 0.2) is 0 Å². The molecule has 1 saturated carbocycles. The van der Waals surface area contributed by atoms with Crippen molar-refractivity contribution in [2.24, 2.45) is 16.6 Å². The lowest BCUT2D eigenvalue weighted by Crippen LogP contribution is -2.44. The minimum absolute atomic E-state index is 0.0779. The first kappa shape index (κ1) is 19.1. The summed E-state index contributed by atoms with van der Waals surface area (Å²) in [6.45, 7) is 0. The molecule has 2 aromatic rings. The van der Waals surface area contributed by atoms with Gasteiger partial charge in [-0.15, -0.1) is 0 Å². The van der Waals surface area contributed by atoms with Gasteiger partial charge in [0.2, 0.25) is 0 Å². The first-order valence-electron chi connectivity index (χ1n) is 10.3. The molecule has 5 rings (SSSR count). The van der Waals surface area contributed by atoms with Crippen LogP contribution >= 0.6 is 0 Å². The van der Waals surface area contributed by atoms with Crippen LogP contribution in [-0.2, 0) is 6.18 Å². The lowest BCUT2D eigenvalue weighted by Gasteiger charge is -2.38. The molecular formula is C22H24F3N5. The Hall–Kier alpha value is -2.90. The first-order valence-corrected chi connectivity index (χ1v) is 10.3. The average Bonchev–Trinajstić information content (AvgIpc) is 3.26. The molecule has 0 radical (unpaired) electrons. The van der Waals surface area contributed by atoms with Gasteiger partial charge in [0.05, 0.1) is 22.5 Å². The van der Waals surface area contributed by atoms with Crippen LogP contribution in [0.2, 0.25) is 0 Å². The third-order valence-electron chi connectivity index (χ3n) is 6.49. The highest BCUT2D eigenvalue weighted by atomic mass is 19.4. The number of para-hydroxylation sites is 1. The number of aliphatic imine (C=N–C) groups is 1. The van der Waals surface area contributed by atoms with E-state index in [9.17, 15) is 13.2 Å². The van der Waals surface area contributed by atoms with Gasteiger partial charge in [-0.2, -0.15) is 13.2 Å². The van der Waals surface area contributed by atoms with Gasteiger partial charge in [0.1, 0.15) is 17.7 Å². The van der Waals surface area contributed by atoms with Crippen LogP contribution in [-0.4, -0.2) is 33.8 Å². The van der Waals surface area contributed by atoms with Gasteiger partial charge >= 0.3 is 6.18 Å². The summed E-state index contributed by atoms with van der Waals surface area (Å²) >= 11 is 0. The van der Waals surface area contributed by atoms with E-state index >= 15 is 0 Å². The van der Waals surface area contributed by atoms with Gasteiger partial charge in [0, 0.05) is 24.8 Å². The summed E-state index contributed by atoms with van der Waals surface area (Å²) in [6.07, 6.45) is 5.17. The maximum atomic E-state index is 13.5. The lowest BCUT2D eigenvalue weighted by atomic mass is 9.86. The second kappa shape index (κ2) is 6.82.